The highest BCUT2D eigenvalue weighted by molar-refractivity contribution is 5.72. The summed E-state index contributed by atoms with van der Waals surface area (Å²) in [4.78, 5) is 0. The summed E-state index contributed by atoms with van der Waals surface area (Å²) in [6, 6.07) is 8.62. The van der Waals surface area contributed by atoms with Gasteiger partial charge in [0.25, 0.3) is 0 Å². The summed E-state index contributed by atoms with van der Waals surface area (Å²) in [7, 11) is 0. The van der Waals surface area contributed by atoms with Gasteiger partial charge in [0.05, 0.1) is 5.56 Å². The SMILES string of the molecule is Cc1nnc(-c2ccccc2NC(C)C2CCCC2)o1. The van der Waals surface area contributed by atoms with E-state index in [2.05, 4.69) is 28.5 Å². The minimum atomic E-state index is 0.475. The Balaban J connectivity index is 1.82. The van der Waals surface area contributed by atoms with E-state index in [1.165, 1.54) is 25.7 Å². The van der Waals surface area contributed by atoms with Crippen molar-refractivity contribution < 1.29 is 4.42 Å². The molecule has 4 heteroatoms. The summed E-state index contributed by atoms with van der Waals surface area (Å²) in [5.41, 5.74) is 2.06. The molecule has 2 aromatic rings. The Morgan fingerprint density at radius 3 is 2.65 bits per heavy atom. The maximum absolute atomic E-state index is 5.56. The molecule has 0 radical (unpaired) electrons. The molecule has 4 nitrogen and oxygen atoms in total. The number of nitrogens with zero attached hydrogens (tertiary/aromatic N) is 2. The molecule has 1 N–H and O–H groups in total. The highest BCUT2D eigenvalue weighted by Gasteiger charge is 2.22. The Kier molecular flexibility index (Phi) is 3.72. The van der Waals surface area contributed by atoms with Crippen LogP contribution in [0.3, 0.4) is 0 Å². The highest BCUT2D eigenvalue weighted by Crippen LogP contribution is 2.32. The molecule has 0 bridgehead atoms. The summed E-state index contributed by atoms with van der Waals surface area (Å²) >= 11 is 0. The molecule has 1 heterocycles. The maximum Gasteiger partial charge on any atom is 0.249 e. The van der Waals surface area contributed by atoms with E-state index in [1.54, 1.807) is 0 Å². The number of aryl methyl sites for hydroxylation is 1. The second-order valence-electron chi connectivity index (χ2n) is 5.65. The summed E-state index contributed by atoms with van der Waals surface area (Å²) in [5.74, 6) is 1.95. The first-order valence-electron chi connectivity index (χ1n) is 7.40. The lowest BCUT2D eigenvalue weighted by atomic mass is 9.99. The number of benzene rings is 1. The van der Waals surface area contributed by atoms with Crippen molar-refractivity contribution in [1.82, 2.24) is 10.2 Å². The smallest absolute Gasteiger partial charge is 0.249 e. The third-order valence-corrected chi connectivity index (χ3v) is 4.17. The number of hydrogen-bond donors (Lipinski definition) is 1. The van der Waals surface area contributed by atoms with Crippen LogP contribution in [0.2, 0.25) is 0 Å². The number of hydrogen-bond acceptors (Lipinski definition) is 4. The highest BCUT2D eigenvalue weighted by atomic mass is 16.4. The lowest BCUT2D eigenvalue weighted by molar-refractivity contribution is 0.482. The molecular formula is C16H21N3O. The van der Waals surface area contributed by atoms with Crippen LogP contribution in [0.25, 0.3) is 11.5 Å². The number of anilines is 1. The Bertz CT molecular complexity index is 573. The van der Waals surface area contributed by atoms with Crippen molar-refractivity contribution in [1.29, 1.82) is 0 Å². The third kappa shape index (κ3) is 2.69. The van der Waals surface area contributed by atoms with Gasteiger partial charge in [0.2, 0.25) is 11.8 Å². The van der Waals surface area contributed by atoms with Crippen molar-refractivity contribution in [3.05, 3.63) is 30.2 Å². The quantitative estimate of drug-likeness (QED) is 0.912. The number of nitrogens with one attached hydrogen (secondary N) is 1. The molecule has 1 atom stereocenters. The first-order valence-corrected chi connectivity index (χ1v) is 7.40. The van der Waals surface area contributed by atoms with E-state index in [4.69, 9.17) is 4.42 Å². The predicted molar refractivity (Wildman–Crippen MR) is 79.5 cm³/mol. The van der Waals surface area contributed by atoms with Crippen LogP contribution in [0.5, 0.6) is 0 Å². The molecule has 0 aliphatic heterocycles. The van der Waals surface area contributed by atoms with E-state index in [-0.39, 0.29) is 0 Å². The Morgan fingerprint density at radius 2 is 1.95 bits per heavy atom. The van der Waals surface area contributed by atoms with Crippen LogP contribution in [0.4, 0.5) is 5.69 Å². The second kappa shape index (κ2) is 5.65. The fraction of sp³-hybridized carbons (Fsp3) is 0.500. The van der Waals surface area contributed by atoms with Crippen LogP contribution in [0.1, 0.15) is 38.5 Å². The monoisotopic (exact) mass is 271 g/mol. The summed E-state index contributed by atoms with van der Waals surface area (Å²) in [5, 5.41) is 11.7. The van der Waals surface area contributed by atoms with Crippen molar-refractivity contribution in [3.8, 4) is 11.5 Å². The van der Waals surface area contributed by atoms with Crippen LogP contribution in [-0.4, -0.2) is 16.2 Å². The van der Waals surface area contributed by atoms with Crippen molar-refractivity contribution in [2.24, 2.45) is 5.92 Å². The van der Waals surface area contributed by atoms with E-state index in [9.17, 15) is 0 Å². The van der Waals surface area contributed by atoms with Gasteiger partial charge in [-0.25, -0.2) is 0 Å². The molecule has 1 fully saturated rings. The van der Waals surface area contributed by atoms with Crippen molar-refractivity contribution in [3.63, 3.8) is 0 Å². The predicted octanol–water partition coefficient (Wildman–Crippen LogP) is 4.04. The zero-order valence-electron chi connectivity index (χ0n) is 12.1. The minimum absolute atomic E-state index is 0.475. The van der Waals surface area contributed by atoms with Gasteiger partial charge in [-0.1, -0.05) is 25.0 Å². The fourth-order valence-corrected chi connectivity index (χ4v) is 3.02. The first kappa shape index (κ1) is 13.2. The molecule has 20 heavy (non-hydrogen) atoms. The zero-order chi connectivity index (χ0) is 13.9. The minimum Gasteiger partial charge on any atom is -0.421 e. The molecule has 106 valence electrons. The molecule has 1 aromatic heterocycles. The molecule has 0 amide bonds. The standard InChI is InChI=1S/C16H21N3O/c1-11(13-7-3-4-8-13)17-15-10-6-5-9-14(15)16-19-18-12(2)20-16/h5-6,9-11,13,17H,3-4,7-8H2,1-2H3. The average molecular weight is 271 g/mol. The van der Waals surface area contributed by atoms with Gasteiger partial charge < -0.3 is 9.73 Å². The summed E-state index contributed by atoms with van der Waals surface area (Å²) < 4.78 is 5.56. The lowest BCUT2D eigenvalue weighted by Gasteiger charge is -2.22. The van der Waals surface area contributed by atoms with E-state index in [0.29, 0.717) is 17.8 Å². The third-order valence-electron chi connectivity index (χ3n) is 4.17. The number of para-hydroxylation sites is 1. The van der Waals surface area contributed by atoms with Gasteiger partial charge in [-0.3, -0.25) is 0 Å². The van der Waals surface area contributed by atoms with Gasteiger partial charge in [0.1, 0.15) is 0 Å². The topological polar surface area (TPSA) is 51.0 Å². The van der Waals surface area contributed by atoms with Crippen LogP contribution in [-0.2, 0) is 0 Å². The van der Waals surface area contributed by atoms with Gasteiger partial charge in [-0.2, -0.15) is 0 Å². The molecule has 1 unspecified atom stereocenters. The van der Waals surface area contributed by atoms with Gasteiger partial charge >= 0.3 is 0 Å². The van der Waals surface area contributed by atoms with Crippen LogP contribution in [0.15, 0.2) is 28.7 Å². The summed E-state index contributed by atoms with van der Waals surface area (Å²) in [6.07, 6.45) is 5.38. The van der Waals surface area contributed by atoms with E-state index < -0.39 is 0 Å². The van der Waals surface area contributed by atoms with Gasteiger partial charge in [-0.15, -0.1) is 10.2 Å². The Morgan fingerprint density at radius 1 is 1.20 bits per heavy atom. The summed E-state index contributed by atoms with van der Waals surface area (Å²) in [6.45, 7) is 4.08. The lowest BCUT2D eigenvalue weighted by Crippen LogP contribution is -2.24. The molecule has 1 aromatic carbocycles. The van der Waals surface area contributed by atoms with E-state index in [1.807, 2.05) is 25.1 Å². The van der Waals surface area contributed by atoms with Gasteiger partial charge in [0.15, 0.2) is 0 Å². The van der Waals surface area contributed by atoms with Gasteiger partial charge in [0, 0.05) is 18.7 Å². The zero-order valence-corrected chi connectivity index (χ0v) is 12.1. The van der Waals surface area contributed by atoms with Crippen LogP contribution in [0, 0.1) is 12.8 Å². The number of aromatic nitrogens is 2. The molecule has 0 saturated heterocycles. The molecular weight excluding hydrogens is 250 g/mol. The fourth-order valence-electron chi connectivity index (χ4n) is 3.02. The van der Waals surface area contributed by atoms with Crippen molar-refractivity contribution in [2.75, 3.05) is 5.32 Å². The van der Waals surface area contributed by atoms with Crippen LogP contribution < -0.4 is 5.32 Å². The Labute approximate surface area is 119 Å². The maximum atomic E-state index is 5.56. The normalized spacial score (nSPS) is 17.3. The van der Waals surface area contributed by atoms with E-state index in [0.717, 1.165) is 17.2 Å². The van der Waals surface area contributed by atoms with E-state index >= 15 is 0 Å². The average Bonchev–Trinajstić information content (AvgIpc) is 3.10. The number of rotatable bonds is 4. The molecule has 0 spiro atoms. The molecule has 1 aliphatic carbocycles. The molecule has 3 rings (SSSR count). The van der Waals surface area contributed by atoms with Crippen molar-refractivity contribution in [2.45, 2.75) is 45.6 Å². The van der Waals surface area contributed by atoms with Gasteiger partial charge in [-0.05, 0) is 37.8 Å². The molecule has 1 saturated carbocycles. The second-order valence-corrected chi connectivity index (χ2v) is 5.65. The largest absolute Gasteiger partial charge is 0.421 e. The first-order chi connectivity index (χ1) is 9.74. The Hall–Kier alpha value is -1.84. The van der Waals surface area contributed by atoms with Crippen molar-refractivity contribution >= 4 is 5.69 Å². The molecule has 1 aliphatic rings. The van der Waals surface area contributed by atoms with Crippen LogP contribution >= 0.6 is 0 Å².